The molecular formula is C39H44Cl2FN3O10. The summed E-state index contributed by atoms with van der Waals surface area (Å²) in [6, 6.07) is 11.9. The standard InChI is InChI=1S/C39H44Cl2FN3O10/c1-21(55-37(49)53-17-16-52-15-14-50-5)54-35(47)22-10-13-27(29(18-22)51-6)43-34(46)33-31(24-8-7-9-26(41)32(24)42)39(30(45-33)20-38(2,3)4)25-12-11-23(40)19-28(25)44-36(39)48/h7-13,18-19,21,30-31,33,45H,14-17,20H2,1-6H3,(H,43,46)(H,44,48)/t21?,30-,31-,33+,39+/m0/s1. The first-order chi connectivity index (χ1) is 26.1. The number of methoxy groups -OCH3 is 2. The fraction of sp³-hybridized carbons (Fsp3) is 0.436. The molecule has 296 valence electrons. The molecule has 16 heteroatoms. The Morgan fingerprint density at radius 2 is 1.73 bits per heavy atom. The Bertz CT molecular complexity index is 1920. The number of rotatable bonds is 14. The smallest absolute Gasteiger partial charge is 0.495 e. The number of hydrogen-bond acceptors (Lipinski definition) is 11. The van der Waals surface area contributed by atoms with E-state index in [-0.39, 0.29) is 46.2 Å². The molecule has 2 heterocycles. The Kier molecular flexibility index (Phi) is 13.3. The van der Waals surface area contributed by atoms with Gasteiger partial charge in [0.1, 0.15) is 23.6 Å². The highest BCUT2D eigenvalue weighted by molar-refractivity contribution is 6.31. The Balaban J connectivity index is 1.40. The van der Waals surface area contributed by atoms with Crippen LogP contribution in [0.2, 0.25) is 10.0 Å². The molecule has 1 spiro atoms. The molecule has 0 saturated carbocycles. The molecule has 2 aliphatic heterocycles. The van der Waals surface area contributed by atoms with E-state index in [4.69, 9.17) is 51.6 Å². The van der Waals surface area contributed by atoms with Gasteiger partial charge in [-0.3, -0.25) is 9.59 Å². The normalized spacial score (nSPS) is 20.7. The lowest BCUT2D eigenvalue weighted by atomic mass is 9.62. The summed E-state index contributed by atoms with van der Waals surface area (Å²) in [5, 5.41) is 9.45. The molecule has 0 radical (unpaired) electrons. The van der Waals surface area contributed by atoms with E-state index in [0.29, 0.717) is 35.9 Å². The number of carbonyl (C=O) groups excluding carboxylic acids is 4. The molecule has 0 aliphatic carbocycles. The van der Waals surface area contributed by atoms with Crippen LogP contribution in [-0.4, -0.2) is 83.0 Å². The molecule has 0 bridgehead atoms. The van der Waals surface area contributed by atoms with Gasteiger partial charge in [-0.15, -0.1) is 0 Å². The van der Waals surface area contributed by atoms with Crippen LogP contribution < -0.4 is 20.7 Å². The van der Waals surface area contributed by atoms with Crippen molar-refractivity contribution >= 4 is 58.5 Å². The summed E-state index contributed by atoms with van der Waals surface area (Å²) in [4.78, 5) is 53.9. The summed E-state index contributed by atoms with van der Waals surface area (Å²) >= 11 is 12.6. The van der Waals surface area contributed by atoms with Crippen LogP contribution in [0, 0.1) is 11.2 Å². The number of fused-ring (bicyclic) bond motifs is 2. The first-order valence-corrected chi connectivity index (χ1v) is 18.3. The van der Waals surface area contributed by atoms with Crippen molar-refractivity contribution in [2.75, 3.05) is 51.3 Å². The summed E-state index contributed by atoms with van der Waals surface area (Å²) in [5.74, 6) is -3.62. The maximum atomic E-state index is 16.1. The Morgan fingerprint density at radius 1 is 0.982 bits per heavy atom. The van der Waals surface area contributed by atoms with Crippen LogP contribution in [0.25, 0.3) is 0 Å². The zero-order chi connectivity index (χ0) is 40.1. The minimum atomic E-state index is -1.46. The van der Waals surface area contributed by atoms with Gasteiger partial charge in [-0.1, -0.05) is 62.2 Å². The topological polar surface area (TPSA) is 160 Å². The third-order valence-electron chi connectivity index (χ3n) is 9.33. The summed E-state index contributed by atoms with van der Waals surface area (Å²) in [6.07, 6.45) is -1.94. The first-order valence-electron chi connectivity index (χ1n) is 17.5. The van der Waals surface area contributed by atoms with Crippen LogP contribution in [0.4, 0.5) is 20.6 Å². The molecule has 2 aliphatic rings. The summed E-state index contributed by atoms with van der Waals surface area (Å²) in [5.41, 5.74) is -0.480. The van der Waals surface area contributed by atoms with Crippen molar-refractivity contribution in [3.8, 4) is 5.75 Å². The van der Waals surface area contributed by atoms with Crippen LogP contribution in [0.15, 0.2) is 54.6 Å². The van der Waals surface area contributed by atoms with Gasteiger partial charge in [-0.2, -0.15) is 0 Å². The molecule has 5 rings (SSSR count). The van der Waals surface area contributed by atoms with Crippen LogP contribution in [-0.2, 0) is 38.7 Å². The minimum absolute atomic E-state index is 0.0187. The van der Waals surface area contributed by atoms with E-state index in [2.05, 4.69) is 16.0 Å². The monoisotopic (exact) mass is 803 g/mol. The molecule has 55 heavy (non-hydrogen) atoms. The van der Waals surface area contributed by atoms with E-state index in [9.17, 15) is 19.2 Å². The Morgan fingerprint density at radius 3 is 2.44 bits per heavy atom. The van der Waals surface area contributed by atoms with Crippen molar-refractivity contribution in [2.24, 2.45) is 5.41 Å². The number of halogens is 3. The van der Waals surface area contributed by atoms with E-state index < -0.39 is 59.5 Å². The van der Waals surface area contributed by atoms with Gasteiger partial charge in [0.15, 0.2) is 0 Å². The van der Waals surface area contributed by atoms with Gasteiger partial charge in [0.25, 0.3) is 0 Å². The van der Waals surface area contributed by atoms with Crippen molar-refractivity contribution in [3.63, 3.8) is 0 Å². The van der Waals surface area contributed by atoms with Gasteiger partial charge >= 0.3 is 12.1 Å². The van der Waals surface area contributed by atoms with E-state index in [0.717, 1.165) is 0 Å². The number of anilines is 2. The lowest BCUT2D eigenvalue weighted by Gasteiger charge is -2.37. The largest absolute Gasteiger partial charge is 0.511 e. The van der Waals surface area contributed by atoms with Gasteiger partial charge in [-0.05, 0) is 59.4 Å². The highest BCUT2D eigenvalue weighted by Gasteiger charge is 2.66. The highest BCUT2D eigenvalue weighted by Crippen LogP contribution is 2.57. The molecule has 3 aromatic carbocycles. The molecule has 3 aromatic rings. The van der Waals surface area contributed by atoms with Gasteiger partial charge in [0, 0.05) is 36.7 Å². The average molecular weight is 805 g/mol. The van der Waals surface area contributed by atoms with Crippen molar-refractivity contribution in [2.45, 2.75) is 63.8 Å². The van der Waals surface area contributed by atoms with Crippen LogP contribution in [0.5, 0.6) is 5.75 Å². The van der Waals surface area contributed by atoms with Crippen LogP contribution >= 0.6 is 23.2 Å². The fourth-order valence-corrected chi connectivity index (χ4v) is 7.48. The SMILES string of the molecule is COCCOCCOC(=O)OC(C)OC(=O)c1ccc(NC(=O)[C@@H]2N[C@@H](CC(C)(C)C)[C@@]3(C(=O)Nc4cc(Cl)ccc43)[C@H]2c2cccc(Cl)c2F)c(OC)c1. The number of hydrogen-bond donors (Lipinski definition) is 3. The van der Waals surface area contributed by atoms with Gasteiger partial charge in [-0.25, -0.2) is 14.0 Å². The van der Waals surface area contributed by atoms with E-state index in [1.807, 2.05) is 20.8 Å². The number of carbonyl (C=O) groups is 4. The quantitative estimate of drug-likeness (QED) is 0.0889. The number of ether oxygens (including phenoxy) is 6. The molecular weight excluding hydrogens is 760 g/mol. The molecule has 2 amide bonds. The predicted octanol–water partition coefficient (Wildman–Crippen LogP) is 6.85. The molecule has 0 aromatic heterocycles. The molecule has 5 atom stereocenters. The van der Waals surface area contributed by atoms with Crippen LogP contribution in [0.3, 0.4) is 0 Å². The second-order valence-electron chi connectivity index (χ2n) is 14.3. The zero-order valence-corrected chi connectivity index (χ0v) is 32.8. The third kappa shape index (κ3) is 9.16. The van der Waals surface area contributed by atoms with Crippen molar-refractivity contribution in [3.05, 3.63) is 87.2 Å². The van der Waals surface area contributed by atoms with Gasteiger partial charge < -0.3 is 44.4 Å². The highest BCUT2D eigenvalue weighted by atomic mass is 35.5. The van der Waals surface area contributed by atoms with Gasteiger partial charge in [0.05, 0.1) is 49.2 Å². The van der Waals surface area contributed by atoms with Crippen molar-refractivity contribution in [1.82, 2.24) is 5.32 Å². The summed E-state index contributed by atoms with van der Waals surface area (Å²) in [6.45, 7) is 8.15. The number of nitrogens with one attached hydrogen (secondary N) is 3. The van der Waals surface area contributed by atoms with E-state index in [1.54, 1.807) is 24.3 Å². The van der Waals surface area contributed by atoms with Crippen molar-refractivity contribution in [1.29, 1.82) is 0 Å². The van der Waals surface area contributed by atoms with Gasteiger partial charge in [0.2, 0.25) is 18.1 Å². The lowest BCUT2D eigenvalue weighted by molar-refractivity contribution is -0.122. The van der Waals surface area contributed by atoms with E-state index in [1.165, 1.54) is 51.5 Å². The average Bonchev–Trinajstić information content (AvgIpc) is 3.59. The fourth-order valence-electron chi connectivity index (χ4n) is 7.12. The number of benzene rings is 3. The van der Waals surface area contributed by atoms with E-state index >= 15 is 4.39 Å². The lowest BCUT2D eigenvalue weighted by Crippen LogP contribution is -2.49. The molecule has 3 N–H and O–H groups in total. The Labute approximate surface area is 328 Å². The first kappa shape index (κ1) is 41.7. The summed E-state index contributed by atoms with van der Waals surface area (Å²) < 4.78 is 46.9. The maximum absolute atomic E-state index is 16.1. The molecule has 1 saturated heterocycles. The second-order valence-corrected chi connectivity index (χ2v) is 15.1. The maximum Gasteiger partial charge on any atom is 0.511 e. The van der Waals surface area contributed by atoms with Crippen LogP contribution in [0.1, 0.15) is 61.5 Å². The Hall–Kier alpha value is -4.47. The molecule has 1 fully saturated rings. The summed E-state index contributed by atoms with van der Waals surface area (Å²) in [7, 11) is 2.88. The number of amides is 2. The molecule has 1 unspecified atom stereocenters. The molecule has 13 nitrogen and oxygen atoms in total. The number of esters is 1. The zero-order valence-electron chi connectivity index (χ0n) is 31.3. The predicted molar refractivity (Wildman–Crippen MR) is 202 cm³/mol. The minimum Gasteiger partial charge on any atom is -0.495 e. The third-order valence-corrected chi connectivity index (χ3v) is 9.86. The van der Waals surface area contributed by atoms with Crippen molar-refractivity contribution < 1.29 is 52.0 Å². The second kappa shape index (κ2) is 17.5.